The molecule has 0 saturated carbocycles. The summed E-state index contributed by atoms with van der Waals surface area (Å²) in [7, 11) is 1.85. The largest absolute Gasteiger partial charge is 0.452 e. The van der Waals surface area contributed by atoms with E-state index in [0.717, 1.165) is 17.1 Å². The molecule has 0 amide bonds. The number of benzene rings is 2. The van der Waals surface area contributed by atoms with E-state index in [1.165, 1.54) is 10.4 Å². The van der Waals surface area contributed by atoms with Gasteiger partial charge in [-0.15, -0.1) is 20.1 Å². The van der Waals surface area contributed by atoms with Gasteiger partial charge in [-0.3, -0.25) is 4.57 Å². The average Bonchev–Trinajstić information content (AvgIpc) is 3.38. The van der Waals surface area contributed by atoms with Gasteiger partial charge in [0.15, 0.2) is 11.9 Å². The summed E-state index contributed by atoms with van der Waals surface area (Å²) in [6, 6.07) is 15.7. The van der Waals surface area contributed by atoms with E-state index >= 15 is 0 Å². The van der Waals surface area contributed by atoms with Gasteiger partial charge in [0.25, 0.3) is 0 Å². The lowest BCUT2D eigenvalue weighted by molar-refractivity contribution is 0.190. The van der Waals surface area contributed by atoms with E-state index in [2.05, 4.69) is 25.6 Å². The number of hydrogen-bond acceptors (Lipinski definition) is 6. The van der Waals surface area contributed by atoms with Crippen molar-refractivity contribution < 1.29 is 4.74 Å². The van der Waals surface area contributed by atoms with E-state index in [1.54, 1.807) is 16.7 Å². The third-order valence-electron chi connectivity index (χ3n) is 4.26. The van der Waals surface area contributed by atoms with Crippen LogP contribution in [0.4, 0.5) is 0 Å². The molecule has 4 rings (SSSR count). The number of ether oxygens (including phenoxy) is 1. The number of tetrazole rings is 1. The summed E-state index contributed by atoms with van der Waals surface area (Å²) in [5.41, 5.74) is 2.87. The molecule has 2 heterocycles. The number of aromatic nitrogens is 7. The second-order valence-electron chi connectivity index (χ2n) is 6.41. The highest BCUT2D eigenvalue weighted by molar-refractivity contribution is 6.30. The Morgan fingerprint density at radius 2 is 1.73 bits per heavy atom. The van der Waals surface area contributed by atoms with Crippen LogP contribution in [0.25, 0.3) is 17.1 Å². The van der Waals surface area contributed by atoms with Crippen LogP contribution >= 0.6 is 11.6 Å². The number of rotatable bonds is 5. The van der Waals surface area contributed by atoms with Crippen molar-refractivity contribution in [3.63, 3.8) is 0 Å². The molecule has 2 aromatic heterocycles. The first-order valence-corrected chi connectivity index (χ1v) is 10.1. The van der Waals surface area contributed by atoms with Crippen molar-refractivity contribution in [1.29, 1.82) is 0 Å². The molecular weight excluding hydrogens is 402 g/mol. The zero-order valence-electron chi connectivity index (χ0n) is 17.6. The Bertz CT molecular complexity index is 1100. The van der Waals surface area contributed by atoms with Gasteiger partial charge in [0, 0.05) is 17.6 Å². The minimum Gasteiger partial charge on any atom is -0.452 e. The minimum atomic E-state index is -0.457. The van der Waals surface area contributed by atoms with Gasteiger partial charge < -0.3 is 4.74 Å². The molecule has 9 heteroatoms. The summed E-state index contributed by atoms with van der Waals surface area (Å²) in [5.74, 6) is 1.15. The van der Waals surface area contributed by atoms with Crippen molar-refractivity contribution in [2.75, 3.05) is 0 Å². The van der Waals surface area contributed by atoms with Gasteiger partial charge in [0.1, 0.15) is 0 Å². The number of aryl methyl sites for hydroxylation is 1. The van der Waals surface area contributed by atoms with E-state index in [4.69, 9.17) is 16.3 Å². The average molecular weight is 426 g/mol. The Kier molecular flexibility index (Phi) is 6.79. The third-order valence-corrected chi connectivity index (χ3v) is 4.49. The van der Waals surface area contributed by atoms with Gasteiger partial charge in [-0.05, 0) is 37.3 Å². The Morgan fingerprint density at radius 3 is 2.43 bits per heavy atom. The van der Waals surface area contributed by atoms with E-state index in [1.807, 2.05) is 71.1 Å². The maximum absolute atomic E-state index is 6.02. The molecule has 0 fully saturated rings. The van der Waals surface area contributed by atoms with Crippen molar-refractivity contribution in [3.05, 3.63) is 64.9 Å². The first kappa shape index (κ1) is 21.4. The topological polar surface area (TPSA) is 83.5 Å². The van der Waals surface area contributed by atoms with Crippen LogP contribution in [0.1, 0.15) is 38.3 Å². The summed E-state index contributed by atoms with van der Waals surface area (Å²) in [4.78, 5) is 1.41. The molecule has 0 spiro atoms. The molecule has 1 atom stereocenters. The van der Waals surface area contributed by atoms with Gasteiger partial charge in [-0.25, -0.2) is 0 Å². The summed E-state index contributed by atoms with van der Waals surface area (Å²) in [6.07, 6.45) is -0.457. The van der Waals surface area contributed by atoms with Crippen molar-refractivity contribution in [2.45, 2.75) is 33.8 Å². The predicted octanol–water partition coefficient (Wildman–Crippen LogP) is 4.59. The van der Waals surface area contributed by atoms with Crippen LogP contribution < -0.4 is 4.74 Å². The first-order chi connectivity index (χ1) is 14.5. The molecule has 0 aliphatic carbocycles. The zero-order chi connectivity index (χ0) is 21.7. The van der Waals surface area contributed by atoms with E-state index < -0.39 is 6.10 Å². The quantitative estimate of drug-likeness (QED) is 0.465. The lowest BCUT2D eigenvalue weighted by atomic mass is 10.1. The van der Waals surface area contributed by atoms with Crippen molar-refractivity contribution >= 4 is 11.6 Å². The van der Waals surface area contributed by atoms with Crippen LogP contribution in [0.15, 0.2) is 48.5 Å². The fraction of sp³-hybridized carbons (Fsp3) is 0.286. The summed E-state index contributed by atoms with van der Waals surface area (Å²) >= 11 is 6.02. The van der Waals surface area contributed by atoms with Crippen molar-refractivity contribution in [1.82, 2.24) is 35.0 Å². The van der Waals surface area contributed by atoms with Crippen LogP contribution in [-0.2, 0) is 7.05 Å². The van der Waals surface area contributed by atoms with Crippen molar-refractivity contribution in [2.24, 2.45) is 7.05 Å². The van der Waals surface area contributed by atoms with E-state index in [-0.39, 0.29) is 0 Å². The van der Waals surface area contributed by atoms with E-state index in [9.17, 15) is 0 Å². The third kappa shape index (κ3) is 4.65. The molecule has 2 aromatic carbocycles. The molecule has 0 aliphatic rings. The van der Waals surface area contributed by atoms with Crippen molar-refractivity contribution in [3.8, 4) is 23.1 Å². The highest BCUT2D eigenvalue weighted by Gasteiger charge is 2.19. The van der Waals surface area contributed by atoms with Crippen LogP contribution in [0.3, 0.4) is 0 Å². The molecular formula is C21H24ClN7O. The standard InChI is InChI=1S/C19H18ClN7O.C2H6/c1-12-7-9-14(10-8-12)18-22-23-19(26(18)3)28-13(2)17-21-25-27(24-17)16-6-4-5-15(20)11-16;1-2/h4-11,13H,1-3H3;1-2H3. The highest BCUT2D eigenvalue weighted by Crippen LogP contribution is 2.23. The number of nitrogens with zero attached hydrogens (tertiary/aromatic N) is 7. The molecule has 0 radical (unpaired) electrons. The number of halogens is 1. The Balaban J connectivity index is 0.00000124. The fourth-order valence-corrected chi connectivity index (χ4v) is 2.86. The lowest BCUT2D eigenvalue weighted by Crippen LogP contribution is -2.09. The van der Waals surface area contributed by atoms with Gasteiger partial charge in [0.2, 0.25) is 5.82 Å². The Labute approximate surface area is 180 Å². The maximum atomic E-state index is 6.02. The van der Waals surface area contributed by atoms with Gasteiger partial charge in [-0.1, -0.05) is 66.4 Å². The fourth-order valence-electron chi connectivity index (χ4n) is 2.68. The van der Waals surface area contributed by atoms with Gasteiger partial charge in [-0.2, -0.15) is 0 Å². The van der Waals surface area contributed by atoms with Crippen LogP contribution in [0.2, 0.25) is 5.02 Å². The second-order valence-corrected chi connectivity index (χ2v) is 6.84. The molecule has 1 unspecified atom stereocenters. The molecule has 0 N–H and O–H groups in total. The summed E-state index contributed by atoms with van der Waals surface area (Å²) < 4.78 is 7.71. The molecule has 8 nitrogen and oxygen atoms in total. The Hall–Kier alpha value is -3.26. The highest BCUT2D eigenvalue weighted by atomic mass is 35.5. The maximum Gasteiger partial charge on any atom is 0.317 e. The molecule has 0 bridgehead atoms. The summed E-state index contributed by atoms with van der Waals surface area (Å²) in [5, 5.41) is 21.5. The predicted molar refractivity (Wildman–Crippen MR) is 116 cm³/mol. The SMILES string of the molecule is CC.Cc1ccc(-c2nnc(OC(C)c3nnn(-c4cccc(Cl)c4)n3)n2C)cc1. The molecule has 156 valence electrons. The van der Waals surface area contributed by atoms with Crippen LogP contribution in [0.5, 0.6) is 6.01 Å². The molecule has 30 heavy (non-hydrogen) atoms. The van der Waals surface area contributed by atoms with E-state index in [0.29, 0.717) is 16.9 Å². The minimum absolute atomic E-state index is 0.377. The zero-order valence-corrected chi connectivity index (χ0v) is 18.4. The van der Waals surface area contributed by atoms with Crippen LogP contribution in [0, 0.1) is 6.92 Å². The molecule has 0 aliphatic heterocycles. The Morgan fingerprint density at radius 1 is 1.00 bits per heavy atom. The monoisotopic (exact) mass is 425 g/mol. The second kappa shape index (κ2) is 9.49. The lowest BCUT2D eigenvalue weighted by Gasteiger charge is -2.10. The van der Waals surface area contributed by atoms with Gasteiger partial charge >= 0.3 is 6.01 Å². The normalized spacial score (nSPS) is 11.5. The molecule has 0 saturated heterocycles. The summed E-state index contributed by atoms with van der Waals surface area (Å²) in [6.45, 7) is 7.87. The van der Waals surface area contributed by atoms with Gasteiger partial charge in [0.05, 0.1) is 5.69 Å². The van der Waals surface area contributed by atoms with Crippen LogP contribution in [-0.4, -0.2) is 35.0 Å². The smallest absolute Gasteiger partial charge is 0.317 e. The first-order valence-electron chi connectivity index (χ1n) is 9.70. The number of hydrogen-bond donors (Lipinski definition) is 0. The molecule has 4 aromatic rings.